The van der Waals surface area contributed by atoms with Crippen LogP contribution in [0.4, 0.5) is 0 Å². The minimum Gasteiger partial charge on any atom is -0.490 e. The molecule has 0 amide bonds. The summed E-state index contributed by atoms with van der Waals surface area (Å²) in [4.78, 5) is 0. The van der Waals surface area contributed by atoms with Crippen molar-refractivity contribution >= 4 is 23.2 Å². The van der Waals surface area contributed by atoms with E-state index in [0.29, 0.717) is 47.2 Å². The predicted molar refractivity (Wildman–Crippen MR) is 110 cm³/mol. The van der Waals surface area contributed by atoms with E-state index in [-0.39, 0.29) is 0 Å². The largest absolute Gasteiger partial charge is 0.490 e. The van der Waals surface area contributed by atoms with Crippen molar-refractivity contribution in [3.8, 4) is 11.5 Å². The van der Waals surface area contributed by atoms with E-state index in [1.807, 2.05) is 43.3 Å². The van der Waals surface area contributed by atoms with Crippen molar-refractivity contribution < 1.29 is 9.47 Å². The Morgan fingerprint density at radius 1 is 1.04 bits per heavy atom. The van der Waals surface area contributed by atoms with Crippen LogP contribution in [-0.2, 0) is 13.2 Å². The third kappa shape index (κ3) is 6.71. The summed E-state index contributed by atoms with van der Waals surface area (Å²) >= 11 is 12.5. The van der Waals surface area contributed by atoms with Crippen LogP contribution >= 0.6 is 23.2 Å². The van der Waals surface area contributed by atoms with Gasteiger partial charge in [-0.2, -0.15) is 0 Å². The predicted octanol–water partition coefficient (Wildman–Crippen LogP) is 6.11. The molecule has 0 heterocycles. The summed E-state index contributed by atoms with van der Waals surface area (Å²) in [6.45, 7) is 9.03. The molecule has 0 spiro atoms. The van der Waals surface area contributed by atoms with Crippen molar-refractivity contribution in [2.75, 3.05) is 13.2 Å². The highest BCUT2D eigenvalue weighted by atomic mass is 35.5. The molecule has 0 atom stereocenters. The summed E-state index contributed by atoms with van der Waals surface area (Å²) in [5.41, 5.74) is 2.00. The molecule has 0 saturated heterocycles. The molecule has 26 heavy (non-hydrogen) atoms. The van der Waals surface area contributed by atoms with Gasteiger partial charge < -0.3 is 14.8 Å². The lowest BCUT2D eigenvalue weighted by Gasteiger charge is -2.16. The Hall–Kier alpha value is -1.42. The average molecular weight is 396 g/mol. The highest BCUT2D eigenvalue weighted by Crippen LogP contribution is 2.34. The second kappa shape index (κ2) is 10.7. The van der Waals surface area contributed by atoms with Crippen molar-refractivity contribution in [3.63, 3.8) is 0 Å². The molecule has 2 rings (SSSR count). The molecule has 0 radical (unpaired) electrons. The summed E-state index contributed by atoms with van der Waals surface area (Å²) in [5, 5.41) is 4.80. The van der Waals surface area contributed by atoms with Crippen LogP contribution in [0.5, 0.6) is 11.5 Å². The van der Waals surface area contributed by atoms with Crippen molar-refractivity contribution in [1.29, 1.82) is 0 Å². The Balaban J connectivity index is 2.06. The van der Waals surface area contributed by atoms with Gasteiger partial charge in [-0.15, -0.1) is 0 Å². The number of benzene rings is 2. The van der Waals surface area contributed by atoms with Gasteiger partial charge in [-0.1, -0.05) is 49.2 Å². The van der Waals surface area contributed by atoms with Gasteiger partial charge in [-0.3, -0.25) is 0 Å². The van der Waals surface area contributed by atoms with Gasteiger partial charge in [-0.05, 0) is 55.1 Å². The molecule has 5 heteroatoms. The van der Waals surface area contributed by atoms with Crippen molar-refractivity contribution in [2.24, 2.45) is 5.92 Å². The van der Waals surface area contributed by atoms with Crippen LogP contribution in [0.1, 0.15) is 38.3 Å². The number of nitrogens with one attached hydrogen (secondary N) is 1. The van der Waals surface area contributed by atoms with Gasteiger partial charge >= 0.3 is 0 Å². The zero-order chi connectivity index (χ0) is 18.9. The smallest absolute Gasteiger partial charge is 0.163 e. The lowest BCUT2D eigenvalue weighted by molar-refractivity contribution is 0.269. The minimum absolute atomic E-state index is 0.406. The molecule has 2 aromatic carbocycles. The Morgan fingerprint density at radius 2 is 1.81 bits per heavy atom. The van der Waals surface area contributed by atoms with Crippen molar-refractivity contribution in [2.45, 2.75) is 40.3 Å². The molecule has 0 aliphatic carbocycles. The van der Waals surface area contributed by atoms with Gasteiger partial charge in [0.25, 0.3) is 0 Å². The summed E-state index contributed by atoms with van der Waals surface area (Å²) < 4.78 is 11.7. The Labute approximate surface area is 166 Å². The lowest BCUT2D eigenvalue weighted by Crippen LogP contribution is -2.16. The Bertz CT molecular complexity index is 704. The molecule has 0 aliphatic rings. The minimum atomic E-state index is 0.406. The first kappa shape index (κ1) is 20.9. The summed E-state index contributed by atoms with van der Waals surface area (Å²) in [7, 11) is 0. The van der Waals surface area contributed by atoms with E-state index in [1.54, 1.807) is 0 Å². The van der Waals surface area contributed by atoms with E-state index in [9.17, 15) is 0 Å². The SMILES string of the molecule is CCOc1cc(CNCCC(C)C)c(Cl)cc1OCc1cccc(Cl)c1. The fourth-order valence-electron chi connectivity index (χ4n) is 2.50. The van der Waals surface area contributed by atoms with E-state index < -0.39 is 0 Å². The molecule has 1 N–H and O–H groups in total. The average Bonchev–Trinajstić information content (AvgIpc) is 2.59. The lowest BCUT2D eigenvalue weighted by atomic mass is 10.1. The molecule has 0 saturated carbocycles. The normalized spacial score (nSPS) is 11.0. The molecule has 0 aromatic heterocycles. The van der Waals surface area contributed by atoms with E-state index in [0.717, 1.165) is 24.1 Å². The first-order valence-electron chi connectivity index (χ1n) is 9.02. The van der Waals surface area contributed by atoms with Gasteiger partial charge in [0.15, 0.2) is 11.5 Å². The molecular formula is C21H27Cl2NO2. The Kier molecular flexibility index (Phi) is 8.56. The van der Waals surface area contributed by atoms with Crippen LogP contribution in [0, 0.1) is 5.92 Å². The zero-order valence-corrected chi connectivity index (χ0v) is 17.2. The first-order valence-corrected chi connectivity index (χ1v) is 9.78. The van der Waals surface area contributed by atoms with E-state index in [2.05, 4.69) is 19.2 Å². The number of halogens is 2. The molecular weight excluding hydrogens is 369 g/mol. The maximum Gasteiger partial charge on any atom is 0.163 e. The highest BCUT2D eigenvalue weighted by molar-refractivity contribution is 6.31. The maximum atomic E-state index is 6.45. The van der Waals surface area contributed by atoms with Gasteiger partial charge in [-0.25, -0.2) is 0 Å². The van der Waals surface area contributed by atoms with Crippen LogP contribution in [0.2, 0.25) is 10.0 Å². The number of rotatable bonds is 10. The van der Waals surface area contributed by atoms with E-state index in [1.165, 1.54) is 0 Å². The topological polar surface area (TPSA) is 30.5 Å². The van der Waals surface area contributed by atoms with Crippen LogP contribution in [0.15, 0.2) is 36.4 Å². The molecule has 0 bridgehead atoms. The molecule has 3 nitrogen and oxygen atoms in total. The number of ether oxygens (including phenoxy) is 2. The van der Waals surface area contributed by atoms with Crippen LogP contribution in [0.25, 0.3) is 0 Å². The summed E-state index contributed by atoms with van der Waals surface area (Å²) in [6.07, 6.45) is 1.14. The number of hydrogen-bond donors (Lipinski definition) is 1. The van der Waals surface area contributed by atoms with Gasteiger partial charge in [0.2, 0.25) is 0 Å². The maximum absolute atomic E-state index is 6.45. The van der Waals surface area contributed by atoms with E-state index in [4.69, 9.17) is 32.7 Å². The summed E-state index contributed by atoms with van der Waals surface area (Å²) in [5.74, 6) is 2.03. The third-order valence-corrected chi connectivity index (χ3v) is 4.50. The molecule has 0 fully saturated rings. The van der Waals surface area contributed by atoms with Crippen LogP contribution < -0.4 is 14.8 Å². The standard InChI is InChI=1S/C21H27Cl2NO2/c1-4-25-20-11-17(13-24-9-8-15(2)3)19(23)12-21(20)26-14-16-6-5-7-18(22)10-16/h5-7,10-12,15,24H,4,8-9,13-14H2,1-3H3. The van der Waals surface area contributed by atoms with E-state index >= 15 is 0 Å². The van der Waals surface area contributed by atoms with Gasteiger partial charge in [0.1, 0.15) is 6.61 Å². The van der Waals surface area contributed by atoms with Gasteiger partial charge in [0, 0.05) is 22.7 Å². The Morgan fingerprint density at radius 3 is 2.50 bits per heavy atom. The second-order valence-corrected chi connectivity index (χ2v) is 7.44. The van der Waals surface area contributed by atoms with Crippen molar-refractivity contribution in [1.82, 2.24) is 5.32 Å². The fourth-order valence-corrected chi connectivity index (χ4v) is 2.93. The molecule has 0 aliphatic heterocycles. The molecule has 0 unspecified atom stereocenters. The van der Waals surface area contributed by atoms with Crippen LogP contribution in [-0.4, -0.2) is 13.2 Å². The highest BCUT2D eigenvalue weighted by Gasteiger charge is 2.12. The van der Waals surface area contributed by atoms with Crippen LogP contribution in [0.3, 0.4) is 0 Å². The molecule has 142 valence electrons. The monoisotopic (exact) mass is 395 g/mol. The molecule has 2 aromatic rings. The summed E-state index contributed by atoms with van der Waals surface area (Å²) in [6, 6.07) is 11.4. The first-order chi connectivity index (χ1) is 12.5. The van der Waals surface area contributed by atoms with Gasteiger partial charge in [0.05, 0.1) is 6.61 Å². The zero-order valence-electron chi connectivity index (χ0n) is 15.6. The van der Waals surface area contributed by atoms with Crippen molar-refractivity contribution in [3.05, 3.63) is 57.6 Å². The fraction of sp³-hybridized carbons (Fsp3) is 0.429. The number of hydrogen-bond acceptors (Lipinski definition) is 3. The quantitative estimate of drug-likeness (QED) is 0.492. The third-order valence-electron chi connectivity index (χ3n) is 3.91. The second-order valence-electron chi connectivity index (χ2n) is 6.60.